The first-order valence-electron chi connectivity index (χ1n) is 6.00. The van der Waals surface area contributed by atoms with Crippen LogP contribution in [0.5, 0.6) is 0 Å². The van der Waals surface area contributed by atoms with Crippen LogP contribution in [0, 0.1) is 0 Å². The van der Waals surface area contributed by atoms with Crippen molar-refractivity contribution < 1.29 is 9.53 Å². The van der Waals surface area contributed by atoms with Gasteiger partial charge in [-0.2, -0.15) is 0 Å². The zero-order chi connectivity index (χ0) is 13.9. The fraction of sp³-hybridized carbons (Fsp3) is 0.462. The molecule has 0 amide bonds. The number of piperidine rings is 1. The molecule has 1 N–H and O–H groups in total. The van der Waals surface area contributed by atoms with Gasteiger partial charge in [-0.05, 0) is 66.4 Å². The number of carbonyl (C=O) groups is 1. The van der Waals surface area contributed by atoms with Gasteiger partial charge in [0.15, 0.2) is 0 Å². The minimum Gasteiger partial charge on any atom is -0.452 e. The standard InChI is InChI=1S/C13H14Br3NO2/c14-13(15,16)11(18)19-12(6-8-17-9-7-12)10-4-2-1-3-5-10/h1-5,17H,6-9H2. The van der Waals surface area contributed by atoms with Crippen molar-refractivity contribution in [3.63, 3.8) is 0 Å². The Bertz CT molecular complexity index is 439. The van der Waals surface area contributed by atoms with E-state index in [1.165, 1.54) is 0 Å². The van der Waals surface area contributed by atoms with Crippen LogP contribution in [-0.4, -0.2) is 21.2 Å². The predicted octanol–water partition coefficient (Wildman–Crippen LogP) is 3.65. The number of rotatable bonds is 2. The lowest BCUT2D eigenvalue weighted by Gasteiger charge is -2.38. The first-order chi connectivity index (χ1) is 8.94. The van der Waals surface area contributed by atoms with E-state index in [1.54, 1.807) is 0 Å². The number of ether oxygens (including phenoxy) is 1. The molecule has 0 bridgehead atoms. The normalized spacial score (nSPS) is 18.9. The van der Waals surface area contributed by atoms with Gasteiger partial charge in [-0.25, -0.2) is 4.79 Å². The molecule has 1 heterocycles. The van der Waals surface area contributed by atoms with Crippen LogP contribution in [0.1, 0.15) is 18.4 Å². The summed E-state index contributed by atoms with van der Waals surface area (Å²) in [5.74, 6) is -0.377. The van der Waals surface area contributed by atoms with E-state index in [0.29, 0.717) is 0 Å². The van der Waals surface area contributed by atoms with E-state index in [1.807, 2.05) is 30.3 Å². The molecule has 1 aromatic carbocycles. The second-order valence-electron chi connectivity index (χ2n) is 4.50. The van der Waals surface area contributed by atoms with E-state index in [2.05, 4.69) is 53.1 Å². The van der Waals surface area contributed by atoms with Crippen LogP contribution < -0.4 is 5.32 Å². The maximum absolute atomic E-state index is 12.1. The number of carbonyl (C=O) groups excluding carboxylic acids is 1. The molecule has 0 radical (unpaired) electrons. The van der Waals surface area contributed by atoms with Gasteiger partial charge >= 0.3 is 5.97 Å². The first kappa shape index (κ1) is 15.5. The Balaban J connectivity index is 2.28. The molecule has 1 aromatic rings. The summed E-state index contributed by atoms with van der Waals surface area (Å²) in [7, 11) is 0. The van der Waals surface area contributed by atoms with Gasteiger partial charge in [-0.15, -0.1) is 0 Å². The Labute approximate surface area is 137 Å². The quantitative estimate of drug-likeness (QED) is 0.546. The second kappa shape index (κ2) is 6.24. The van der Waals surface area contributed by atoms with Crippen LogP contribution in [0.2, 0.25) is 0 Å². The van der Waals surface area contributed by atoms with Crippen molar-refractivity contribution in [1.29, 1.82) is 0 Å². The highest BCUT2D eigenvalue weighted by atomic mass is 80.0. The van der Waals surface area contributed by atoms with Crippen molar-refractivity contribution >= 4 is 53.8 Å². The van der Waals surface area contributed by atoms with Crippen LogP contribution in [0.25, 0.3) is 0 Å². The largest absolute Gasteiger partial charge is 0.452 e. The average molecular weight is 456 g/mol. The van der Waals surface area contributed by atoms with Crippen molar-refractivity contribution in [2.24, 2.45) is 0 Å². The van der Waals surface area contributed by atoms with E-state index < -0.39 is 7.74 Å². The molecule has 0 spiro atoms. The van der Waals surface area contributed by atoms with Gasteiger partial charge in [0.1, 0.15) is 5.60 Å². The Kier molecular flexibility index (Phi) is 5.09. The third-order valence-corrected chi connectivity index (χ3v) is 4.20. The van der Waals surface area contributed by atoms with Gasteiger partial charge in [0.05, 0.1) is 0 Å². The van der Waals surface area contributed by atoms with Gasteiger partial charge in [0.25, 0.3) is 0 Å². The molecule has 1 aliphatic rings. The number of esters is 1. The highest BCUT2D eigenvalue weighted by molar-refractivity contribution is 9.40. The molecule has 19 heavy (non-hydrogen) atoms. The Morgan fingerprint density at radius 2 is 1.74 bits per heavy atom. The second-order valence-corrected chi connectivity index (χ2v) is 11.3. The molecule has 0 aliphatic carbocycles. The summed E-state index contributed by atoms with van der Waals surface area (Å²) in [4.78, 5) is 12.1. The molecule has 0 atom stereocenters. The molecule has 0 aromatic heterocycles. The monoisotopic (exact) mass is 453 g/mol. The number of hydrogen-bond donors (Lipinski definition) is 1. The topological polar surface area (TPSA) is 38.3 Å². The number of nitrogens with one attached hydrogen (secondary N) is 1. The zero-order valence-corrected chi connectivity index (χ0v) is 14.9. The van der Waals surface area contributed by atoms with Crippen LogP contribution in [0.3, 0.4) is 0 Å². The van der Waals surface area contributed by atoms with Crippen LogP contribution in [0.15, 0.2) is 30.3 Å². The minimum absolute atomic E-state index is 0.377. The molecule has 6 heteroatoms. The predicted molar refractivity (Wildman–Crippen MR) is 85.8 cm³/mol. The molecule has 104 valence electrons. The summed E-state index contributed by atoms with van der Waals surface area (Å²) in [6, 6.07) is 9.92. The lowest BCUT2D eigenvalue weighted by Crippen LogP contribution is -2.44. The lowest BCUT2D eigenvalue weighted by molar-refractivity contribution is -0.162. The van der Waals surface area contributed by atoms with Gasteiger partial charge in [-0.3, -0.25) is 0 Å². The summed E-state index contributed by atoms with van der Waals surface area (Å²) >= 11 is 9.63. The molecule has 1 aliphatic heterocycles. The Hall–Kier alpha value is 0.0900. The van der Waals surface area contributed by atoms with Gasteiger partial charge < -0.3 is 10.1 Å². The fourth-order valence-corrected chi connectivity index (χ4v) is 2.50. The molecule has 2 rings (SSSR count). The first-order valence-corrected chi connectivity index (χ1v) is 8.38. The average Bonchev–Trinajstić information content (AvgIpc) is 2.40. The third-order valence-electron chi connectivity index (χ3n) is 3.23. The smallest absolute Gasteiger partial charge is 0.345 e. The molecule has 0 saturated carbocycles. The molecule has 1 saturated heterocycles. The summed E-state index contributed by atoms with van der Waals surface area (Å²) in [5, 5.41) is 3.29. The molecule has 1 fully saturated rings. The summed E-state index contributed by atoms with van der Waals surface area (Å²) in [6.45, 7) is 1.67. The van der Waals surface area contributed by atoms with E-state index in [4.69, 9.17) is 4.74 Å². The van der Waals surface area contributed by atoms with Crippen LogP contribution in [-0.2, 0) is 15.1 Å². The maximum Gasteiger partial charge on any atom is 0.345 e. The SMILES string of the molecule is O=C(OC1(c2ccccc2)CCNCC1)C(Br)(Br)Br. The molecular weight excluding hydrogens is 442 g/mol. The number of benzene rings is 1. The summed E-state index contributed by atoms with van der Waals surface area (Å²) in [6.07, 6.45) is 1.54. The maximum atomic E-state index is 12.1. The van der Waals surface area contributed by atoms with Crippen LogP contribution >= 0.6 is 47.8 Å². The van der Waals surface area contributed by atoms with Gasteiger partial charge in [0.2, 0.25) is 2.14 Å². The number of halogens is 3. The number of hydrogen-bond acceptors (Lipinski definition) is 3. The van der Waals surface area contributed by atoms with E-state index in [-0.39, 0.29) is 5.97 Å². The molecular formula is C13H14Br3NO2. The number of alkyl halides is 3. The van der Waals surface area contributed by atoms with Crippen molar-refractivity contribution in [3.8, 4) is 0 Å². The zero-order valence-electron chi connectivity index (χ0n) is 10.2. The van der Waals surface area contributed by atoms with E-state index >= 15 is 0 Å². The summed E-state index contributed by atoms with van der Waals surface area (Å²) in [5.41, 5.74) is 0.492. The van der Waals surface area contributed by atoms with Gasteiger partial charge in [-0.1, -0.05) is 30.3 Å². The van der Waals surface area contributed by atoms with Crippen molar-refractivity contribution in [2.45, 2.75) is 20.6 Å². The fourth-order valence-electron chi connectivity index (χ4n) is 2.26. The van der Waals surface area contributed by atoms with E-state index in [9.17, 15) is 4.79 Å². The van der Waals surface area contributed by atoms with Gasteiger partial charge in [0, 0.05) is 12.8 Å². The molecule has 0 unspecified atom stereocenters. The minimum atomic E-state index is -1.03. The summed E-state index contributed by atoms with van der Waals surface area (Å²) < 4.78 is 4.78. The third kappa shape index (κ3) is 3.80. The van der Waals surface area contributed by atoms with Crippen LogP contribution in [0.4, 0.5) is 0 Å². The molecule has 3 nitrogen and oxygen atoms in total. The van der Waals surface area contributed by atoms with E-state index in [0.717, 1.165) is 31.5 Å². The lowest BCUT2D eigenvalue weighted by atomic mass is 9.85. The highest BCUT2D eigenvalue weighted by Crippen LogP contribution is 2.41. The Morgan fingerprint density at radius 1 is 1.16 bits per heavy atom. The van der Waals surface area contributed by atoms with Crippen molar-refractivity contribution in [2.75, 3.05) is 13.1 Å². The van der Waals surface area contributed by atoms with Crippen molar-refractivity contribution in [3.05, 3.63) is 35.9 Å². The van der Waals surface area contributed by atoms with Crippen molar-refractivity contribution in [1.82, 2.24) is 5.32 Å². The Morgan fingerprint density at radius 3 is 2.26 bits per heavy atom. The highest BCUT2D eigenvalue weighted by Gasteiger charge is 2.42.